The van der Waals surface area contributed by atoms with Crippen LogP contribution in [0.25, 0.3) is 103 Å². The second kappa shape index (κ2) is 19.2. The van der Waals surface area contributed by atoms with Crippen LogP contribution < -0.4 is 0 Å². The molecular weight excluding hydrogens is 821 g/mol. The van der Waals surface area contributed by atoms with E-state index in [-0.39, 0.29) is 17.5 Å². The maximum absolute atomic E-state index is 4.64. The molecule has 0 radical (unpaired) electrons. The second-order valence-corrected chi connectivity index (χ2v) is 14.4. The lowest BCUT2D eigenvalue weighted by atomic mass is 10.1. The van der Waals surface area contributed by atoms with Gasteiger partial charge in [-0.05, 0) is 41.0 Å². The minimum atomic E-state index is 0.265. The summed E-state index contributed by atoms with van der Waals surface area (Å²) in [7, 11) is 0. The summed E-state index contributed by atoms with van der Waals surface area (Å²) < 4.78 is 0. The van der Waals surface area contributed by atoms with Gasteiger partial charge in [0.05, 0.1) is 0 Å². The molecule has 7 aromatic heterocycles. The Labute approximate surface area is 378 Å². The molecule has 11 aromatic rings. The van der Waals surface area contributed by atoms with Gasteiger partial charge in [0.1, 0.15) is 11.4 Å². The number of benzene rings is 4. The highest BCUT2D eigenvalue weighted by Crippen LogP contribution is 2.26. The van der Waals surface area contributed by atoms with E-state index < -0.39 is 0 Å². The molecule has 0 unspecified atom stereocenters. The highest BCUT2D eigenvalue weighted by molar-refractivity contribution is 5.67. The van der Waals surface area contributed by atoms with Crippen molar-refractivity contribution in [1.29, 1.82) is 0 Å². The van der Waals surface area contributed by atoms with Crippen LogP contribution in [0.1, 0.15) is 0 Å². The fourth-order valence-electron chi connectivity index (χ4n) is 6.66. The first kappa shape index (κ1) is 40.5. The Bertz CT molecular complexity index is 2920. The molecule has 7 heterocycles. The minimum Gasteiger partial charge on any atom is -0.253 e. The van der Waals surface area contributed by atoms with Crippen LogP contribution in [0.4, 0.5) is 0 Å². The fourth-order valence-corrected chi connectivity index (χ4v) is 6.66. The zero-order valence-electron chi connectivity index (χ0n) is 34.9. The van der Waals surface area contributed by atoms with Crippen molar-refractivity contribution in [3.8, 4) is 103 Å². The predicted octanol–water partition coefficient (Wildman–Crippen LogP) is 9.91. The lowest BCUT2D eigenvalue weighted by molar-refractivity contribution is 0.984. The molecule has 0 bridgehead atoms. The first-order chi connectivity index (χ1) is 32.7. The van der Waals surface area contributed by atoms with Gasteiger partial charge >= 0.3 is 0 Å². The Morgan fingerprint density at radius 3 is 0.758 bits per heavy atom. The third kappa shape index (κ3) is 9.42. The van der Waals surface area contributed by atoms with Crippen LogP contribution in [-0.4, -0.2) is 69.8 Å². The van der Waals surface area contributed by atoms with E-state index in [1.807, 2.05) is 158 Å². The van der Waals surface area contributed by atoms with Gasteiger partial charge in [0.2, 0.25) is 17.5 Å². The third-order valence-corrected chi connectivity index (χ3v) is 9.97. The first-order valence-electron chi connectivity index (χ1n) is 20.7. The number of hydrogen-bond acceptors (Lipinski definition) is 14. The summed E-state index contributed by atoms with van der Waals surface area (Å²) in [6.45, 7) is 0. The van der Waals surface area contributed by atoms with E-state index in [9.17, 15) is 0 Å². The molecule has 0 saturated carbocycles. The maximum Gasteiger partial charge on any atom is 0.202 e. The number of nitrogens with zero attached hydrogens (tertiary/aromatic N) is 14. The molecule has 312 valence electrons. The highest BCUT2D eigenvalue weighted by Gasteiger charge is 2.18. The van der Waals surface area contributed by atoms with Crippen LogP contribution in [0.2, 0.25) is 0 Å². The molecule has 0 saturated heterocycles. The van der Waals surface area contributed by atoms with Crippen molar-refractivity contribution in [2.45, 2.75) is 0 Å². The molecular formula is C52H34N14. The quantitative estimate of drug-likeness (QED) is 0.134. The first-order valence-corrected chi connectivity index (χ1v) is 20.7. The van der Waals surface area contributed by atoms with E-state index in [0.717, 1.165) is 38.9 Å². The summed E-state index contributed by atoms with van der Waals surface area (Å²) in [6, 6.07) is 50.9. The normalized spacial score (nSPS) is 10.7. The molecule has 14 heteroatoms. The van der Waals surface area contributed by atoms with Crippen LogP contribution in [0.5, 0.6) is 0 Å². The van der Waals surface area contributed by atoms with Crippen molar-refractivity contribution in [3.63, 3.8) is 0 Å². The standard InChI is InChI=1S/C33H21N9.C19H13N5/c1-4-10-22(11-5-1)25-16-34-28(35-17-25)31-40-32(29-36-18-26(19-37-29)23-12-6-2-7-13-23)42-33(41-31)30-38-20-27(21-39-30)24-14-8-3-9-15-24;1-2-8-14(9-3-1)17-22-18(15-10-4-6-12-20-15)24-19(23-17)16-11-5-7-13-21-16/h1-21H;1-13H. The summed E-state index contributed by atoms with van der Waals surface area (Å²) in [5.74, 6) is 3.47. The van der Waals surface area contributed by atoms with Crippen molar-refractivity contribution in [1.82, 2.24) is 69.8 Å². The minimum absolute atomic E-state index is 0.265. The van der Waals surface area contributed by atoms with Gasteiger partial charge in [-0.25, -0.2) is 59.8 Å². The molecule has 0 aliphatic carbocycles. The molecule has 0 spiro atoms. The van der Waals surface area contributed by atoms with E-state index in [2.05, 4.69) is 69.8 Å². The molecule has 0 amide bonds. The van der Waals surface area contributed by atoms with Crippen LogP contribution >= 0.6 is 0 Å². The van der Waals surface area contributed by atoms with Gasteiger partial charge in [-0.2, -0.15) is 0 Å². The highest BCUT2D eigenvalue weighted by atomic mass is 15.1. The van der Waals surface area contributed by atoms with Gasteiger partial charge in [-0.1, -0.05) is 133 Å². The van der Waals surface area contributed by atoms with Gasteiger partial charge in [-0.3, -0.25) is 9.97 Å². The Morgan fingerprint density at radius 2 is 0.455 bits per heavy atom. The molecule has 4 aromatic carbocycles. The fraction of sp³-hybridized carbons (Fsp3) is 0. The summed E-state index contributed by atoms with van der Waals surface area (Å²) in [5.41, 5.74) is 8.02. The molecule has 0 aliphatic rings. The molecule has 66 heavy (non-hydrogen) atoms. The summed E-state index contributed by atoms with van der Waals surface area (Å²) in [4.78, 5) is 63.7. The Balaban J connectivity index is 0.000000180. The molecule has 0 aliphatic heterocycles. The third-order valence-electron chi connectivity index (χ3n) is 9.97. The summed E-state index contributed by atoms with van der Waals surface area (Å²) >= 11 is 0. The Morgan fingerprint density at radius 1 is 0.182 bits per heavy atom. The molecule has 0 atom stereocenters. The van der Waals surface area contributed by atoms with Gasteiger partial charge in [0.15, 0.2) is 34.9 Å². The number of hydrogen-bond donors (Lipinski definition) is 0. The average Bonchev–Trinajstić information content (AvgIpc) is 3.42. The van der Waals surface area contributed by atoms with Gasteiger partial charge in [-0.15, -0.1) is 0 Å². The van der Waals surface area contributed by atoms with Crippen LogP contribution in [-0.2, 0) is 0 Å². The monoisotopic (exact) mass is 854 g/mol. The van der Waals surface area contributed by atoms with E-state index in [1.165, 1.54) is 0 Å². The van der Waals surface area contributed by atoms with E-state index in [1.54, 1.807) is 49.6 Å². The summed E-state index contributed by atoms with van der Waals surface area (Å²) in [5, 5.41) is 0. The Kier molecular flexibility index (Phi) is 11.8. The van der Waals surface area contributed by atoms with E-state index >= 15 is 0 Å². The number of rotatable bonds is 9. The van der Waals surface area contributed by atoms with Crippen LogP contribution in [0, 0.1) is 0 Å². The van der Waals surface area contributed by atoms with Crippen molar-refractivity contribution >= 4 is 0 Å². The van der Waals surface area contributed by atoms with Crippen molar-refractivity contribution in [2.75, 3.05) is 0 Å². The van der Waals surface area contributed by atoms with Crippen molar-refractivity contribution in [2.24, 2.45) is 0 Å². The lowest BCUT2D eigenvalue weighted by Crippen LogP contribution is -2.05. The van der Waals surface area contributed by atoms with E-state index in [4.69, 9.17) is 0 Å². The van der Waals surface area contributed by atoms with E-state index in [0.29, 0.717) is 46.3 Å². The summed E-state index contributed by atoms with van der Waals surface area (Å²) in [6.07, 6.45) is 13.9. The largest absolute Gasteiger partial charge is 0.253 e. The maximum atomic E-state index is 4.64. The van der Waals surface area contributed by atoms with Gasteiger partial charge in [0.25, 0.3) is 0 Å². The molecule has 11 rings (SSSR count). The van der Waals surface area contributed by atoms with Crippen molar-refractivity contribution < 1.29 is 0 Å². The lowest BCUT2D eigenvalue weighted by Gasteiger charge is -2.07. The predicted molar refractivity (Wildman–Crippen MR) is 251 cm³/mol. The molecule has 0 N–H and O–H groups in total. The van der Waals surface area contributed by atoms with Crippen LogP contribution in [0.3, 0.4) is 0 Å². The molecule has 0 fully saturated rings. The Hall–Kier alpha value is -9.56. The number of pyridine rings is 2. The second-order valence-electron chi connectivity index (χ2n) is 14.4. The van der Waals surface area contributed by atoms with Gasteiger partial charge in [0, 0.05) is 71.8 Å². The van der Waals surface area contributed by atoms with Gasteiger partial charge < -0.3 is 0 Å². The SMILES string of the molecule is c1ccc(-c2cnc(-c3nc(-c4ncc(-c5ccccc5)cn4)nc(-c4ncc(-c5ccccc5)cn4)n3)nc2)cc1.c1ccc(-c2nc(-c3ccccn3)nc(-c3ccccn3)n2)cc1. The zero-order valence-corrected chi connectivity index (χ0v) is 34.9. The number of aromatic nitrogens is 14. The zero-order chi connectivity index (χ0) is 44.3. The smallest absolute Gasteiger partial charge is 0.202 e. The topological polar surface area (TPSA) is 180 Å². The molecule has 14 nitrogen and oxygen atoms in total. The average molecular weight is 855 g/mol. The van der Waals surface area contributed by atoms with Crippen molar-refractivity contribution in [3.05, 3.63) is 207 Å². The van der Waals surface area contributed by atoms with Crippen LogP contribution in [0.15, 0.2) is 207 Å².